The number of aliphatic hydroxyl groups is 1. The molecule has 1 aliphatic carbocycles. The van der Waals surface area contributed by atoms with Gasteiger partial charge in [-0.15, -0.1) is 0 Å². The van der Waals surface area contributed by atoms with E-state index in [1.807, 2.05) is 30.3 Å². The first-order valence-electron chi connectivity index (χ1n) is 8.29. The molecule has 0 bridgehead atoms. The number of hydrogen-bond acceptors (Lipinski definition) is 4. The maximum atomic E-state index is 12.0. The highest BCUT2D eigenvalue weighted by molar-refractivity contribution is 5.88. The van der Waals surface area contributed by atoms with Crippen molar-refractivity contribution in [3.8, 4) is 0 Å². The Hall–Kier alpha value is -2.47. The van der Waals surface area contributed by atoms with Crippen molar-refractivity contribution < 1.29 is 9.90 Å². The Morgan fingerprint density at radius 1 is 1.21 bits per heavy atom. The fourth-order valence-corrected chi connectivity index (χ4v) is 2.61. The highest BCUT2D eigenvalue weighted by Crippen LogP contribution is 2.37. The van der Waals surface area contributed by atoms with E-state index in [0.717, 1.165) is 24.2 Å². The van der Waals surface area contributed by atoms with Crippen molar-refractivity contribution in [3.05, 3.63) is 54.1 Å². The molecule has 6 heteroatoms. The zero-order chi connectivity index (χ0) is 16.8. The van der Waals surface area contributed by atoms with Crippen LogP contribution in [0.5, 0.6) is 0 Å². The number of rotatable bonds is 7. The van der Waals surface area contributed by atoms with Crippen LogP contribution in [0.2, 0.25) is 0 Å². The SMILES string of the molecule is O=C(NCC(CCO)c1ccccc1)Nc1cnc(C2CC2)nc1. The summed E-state index contributed by atoms with van der Waals surface area (Å²) in [4.78, 5) is 20.6. The summed E-state index contributed by atoms with van der Waals surface area (Å²) >= 11 is 0. The Morgan fingerprint density at radius 3 is 2.54 bits per heavy atom. The minimum Gasteiger partial charge on any atom is -0.396 e. The monoisotopic (exact) mass is 326 g/mol. The van der Waals surface area contributed by atoms with Crippen LogP contribution in [0.25, 0.3) is 0 Å². The van der Waals surface area contributed by atoms with Crippen LogP contribution in [0.4, 0.5) is 10.5 Å². The topological polar surface area (TPSA) is 87.1 Å². The first-order chi connectivity index (χ1) is 11.8. The number of amides is 2. The van der Waals surface area contributed by atoms with Crippen molar-refractivity contribution >= 4 is 11.7 Å². The van der Waals surface area contributed by atoms with Crippen LogP contribution in [-0.2, 0) is 0 Å². The van der Waals surface area contributed by atoms with Crippen molar-refractivity contribution in [3.63, 3.8) is 0 Å². The minimum absolute atomic E-state index is 0.0791. The lowest BCUT2D eigenvalue weighted by Gasteiger charge is -2.17. The summed E-state index contributed by atoms with van der Waals surface area (Å²) in [5.74, 6) is 1.43. The molecule has 0 radical (unpaired) electrons. The number of benzene rings is 1. The first-order valence-corrected chi connectivity index (χ1v) is 8.29. The molecule has 2 amide bonds. The van der Waals surface area contributed by atoms with Gasteiger partial charge in [0.15, 0.2) is 0 Å². The van der Waals surface area contributed by atoms with E-state index >= 15 is 0 Å². The third kappa shape index (κ3) is 4.52. The number of aliphatic hydroxyl groups excluding tert-OH is 1. The second kappa shape index (κ2) is 7.88. The van der Waals surface area contributed by atoms with E-state index in [4.69, 9.17) is 0 Å². The second-order valence-corrected chi connectivity index (χ2v) is 6.06. The zero-order valence-electron chi connectivity index (χ0n) is 13.5. The normalized spacial score (nSPS) is 14.9. The van der Waals surface area contributed by atoms with Gasteiger partial charge in [-0.1, -0.05) is 30.3 Å². The summed E-state index contributed by atoms with van der Waals surface area (Å²) in [7, 11) is 0. The molecule has 126 valence electrons. The van der Waals surface area contributed by atoms with Gasteiger partial charge in [-0.2, -0.15) is 0 Å². The molecule has 6 nitrogen and oxygen atoms in total. The molecule has 1 aliphatic rings. The van der Waals surface area contributed by atoms with E-state index in [9.17, 15) is 9.90 Å². The smallest absolute Gasteiger partial charge is 0.319 e. The molecule has 1 aromatic heterocycles. The Bertz CT molecular complexity index is 656. The van der Waals surface area contributed by atoms with E-state index in [0.29, 0.717) is 24.6 Å². The van der Waals surface area contributed by atoms with Gasteiger partial charge in [-0.05, 0) is 24.8 Å². The van der Waals surface area contributed by atoms with Crippen LogP contribution in [0, 0.1) is 0 Å². The van der Waals surface area contributed by atoms with E-state index in [-0.39, 0.29) is 18.6 Å². The number of carbonyl (C=O) groups excluding carboxylic acids is 1. The molecule has 0 spiro atoms. The van der Waals surface area contributed by atoms with Gasteiger partial charge in [0.05, 0.1) is 18.1 Å². The maximum absolute atomic E-state index is 12.0. The summed E-state index contributed by atoms with van der Waals surface area (Å²) in [5, 5.41) is 14.8. The predicted molar refractivity (Wildman–Crippen MR) is 91.9 cm³/mol. The molecule has 3 rings (SSSR count). The van der Waals surface area contributed by atoms with Crippen LogP contribution in [0.1, 0.15) is 42.5 Å². The number of urea groups is 1. The number of nitrogens with one attached hydrogen (secondary N) is 2. The molecule has 1 atom stereocenters. The zero-order valence-corrected chi connectivity index (χ0v) is 13.5. The summed E-state index contributed by atoms with van der Waals surface area (Å²) in [5.41, 5.74) is 1.68. The number of anilines is 1. The molecule has 1 saturated carbocycles. The van der Waals surface area contributed by atoms with Gasteiger partial charge in [0.2, 0.25) is 0 Å². The Balaban J connectivity index is 1.51. The molecule has 24 heavy (non-hydrogen) atoms. The Morgan fingerprint density at radius 2 is 1.92 bits per heavy atom. The number of nitrogens with zero attached hydrogens (tertiary/aromatic N) is 2. The van der Waals surface area contributed by atoms with Crippen LogP contribution in [0.15, 0.2) is 42.7 Å². The first kappa shape index (κ1) is 16.4. The minimum atomic E-state index is -0.295. The quantitative estimate of drug-likeness (QED) is 0.730. The Kier molecular flexibility index (Phi) is 5.38. The molecule has 1 fully saturated rings. The largest absolute Gasteiger partial charge is 0.396 e. The molecular formula is C18H22N4O2. The van der Waals surface area contributed by atoms with Crippen LogP contribution >= 0.6 is 0 Å². The van der Waals surface area contributed by atoms with Crippen molar-refractivity contribution in [2.45, 2.75) is 31.1 Å². The lowest BCUT2D eigenvalue weighted by Crippen LogP contribution is -2.32. The van der Waals surface area contributed by atoms with Crippen molar-refractivity contribution in [1.82, 2.24) is 15.3 Å². The maximum Gasteiger partial charge on any atom is 0.319 e. The van der Waals surface area contributed by atoms with Crippen LogP contribution < -0.4 is 10.6 Å². The number of carbonyl (C=O) groups is 1. The van der Waals surface area contributed by atoms with Gasteiger partial charge in [-0.25, -0.2) is 14.8 Å². The molecule has 1 unspecified atom stereocenters. The van der Waals surface area contributed by atoms with Crippen molar-refractivity contribution in [2.75, 3.05) is 18.5 Å². The van der Waals surface area contributed by atoms with Crippen molar-refractivity contribution in [1.29, 1.82) is 0 Å². The third-order valence-electron chi connectivity index (χ3n) is 4.13. The molecule has 1 aromatic carbocycles. The molecular weight excluding hydrogens is 304 g/mol. The fraction of sp³-hybridized carbons (Fsp3) is 0.389. The average Bonchev–Trinajstić information content (AvgIpc) is 3.45. The van der Waals surface area contributed by atoms with Gasteiger partial charge in [0, 0.05) is 25.0 Å². The number of aromatic nitrogens is 2. The lowest BCUT2D eigenvalue weighted by atomic mass is 9.96. The fourth-order valence-electron chi connectivity index (χ4n) is 2.61. The summed E-state index contributed by atoms with van der Waals surface area (Å²) in [6, 6.07) is 9.58. The van der Waals surface area contributed by atoms with Gasteiger partial charge in [-0.3, -0.25) is 0 Å². The van der Waals surface area contributed by atoms with E-state index < -0.39 is 0 Å². The van der Waals surface area contributed by atoms with E-state index in [1.54, 1.807) is 12.4 Å². The van der Waals surface area contributed by atoms with Gasteiger partial charge < -0.3 is 15.7 Å². The van der Waals surface area contributed by atoms with Gasteiger partial charge in [0.25, 0.3) is 0 Å². The molecule has 0 aliphatic heterocycles. The highest BCUT2D eigenvalue weighted by Gasteiger charge is 2.26. The number of hydrogen-bond donors (Lipinski definition) is 3. The van der Waals surface area contributed by atoms with Gasteiger partial charge in [0.1, 0.15) is 5.82 Å². The molecule has 2 aromatic rings. The predicted octanol–water partition coefficient (Wildman–Crippen LogP) is 2.64. The van der Waals surface area contributed by atoms with E-state index in [2.05, 4.69) is 20.6 Å². The molecule has 0 saturated heterocycles. The highest BCUT2D eigenvalue weighted by atomic mass is 16.3. The van der Waals surface area contributed by atoms with Crippen LogP contribution in [-0.4, -0.2) is 34.3 Å². The molecule has 1 heterocycles. The van der Waals surface area contributed by atoms with Crippen molar-refractivity contribution in [2.24, 2.45) is 0 Å². The third-order valence-corrected chi connectivity index (χ3v) is 4.13. The summed E-state index contributed by atoms with van der Waals surface area (Å²) in [6.07, 6.45) is 6.19. The average molecular weight is 326 g/mol. The van der Waals surface area contributed by atoms with Gasteiger partial charge >= 0.3 is 6.03 Å². The van der Waals surface area contributed by atoms with E-state index in [1.165, 1.54) is 0 Å². The standard InChI is InChI=1S/C18H22N4O2/c23-9-8-15(13-4-2-1-3-5-13)10-21-18(24)22-16-11-19-17(20-12-16)14-6-7-14/h1-5,11-12,14-15,23H,6-10H2,(H2,21,22,24). The summed E-state index contributed by atoms with van der Waals surface area (Å²) < 4.78 is 0. The lowest BCUT2D eigenvalue weighted by molar-refractivity contribution is 0.248. The second-order valence-electron chi connectivity index (χ2n) is 6.06. The summed E-state index contributed by atoms with van der Waals surface area (Å²) in [6.45, 7) is 0.538. The molecule has 3 N–H and O–H groups in total. The Labute approximate surface area is 141 Å². The van der Waals surface area contributed by atoms with Crippen LogP contribution in [0.3, 0.4) is 0 Å².